The van der Waals surface area contributed by atoms with Crippen LogP contribution in [0.3, 0.4) is 0 Å². The maximum Gasteiger partial charge on any atom is 0.264 e. The molecule has 0 radical (unpaired) electrons. The number of hydrogen-bond acceptors (Lipinski definition) is 5. The van der Waals surface area contributed by atoms with Crippen LogP contribution in [0.4, 0.5) is 11.4 Å². The highest BCUT2D eigenvalue weighted by atomic mass is 32.2. The standard InChI is InChI=1S/C19H21N3O4S/c1-3-26-18-9-7-17(8-10-18)22(14-4-13-20)27(24,25)19-11-5-16(6-12-19)21-15(2)23/h5-12H,3-4,14H2,1-2H3,(H,21,23). The SMILES string of the molecule is CCOc1ccc(N(CCC#N)S(=O)(=O)c2ccc(NC(C)=O)cc2)cc1. The zero-order valence-electron chi connectivity index (χ0n) is 15.2. The first-order valence-electron chi connectivity index (χ1n) is 8.38. The molecule has 0 heterocycles. The van der Waals surface area contributed by atoms with Crippen molar-refractivity contribution < 1.29 is 17.9 Å². The van der Waals surface area contributed by atoms with Crippen LogP contribution in [-0.2, 0) is 14.8 Å². The van der Waals surface area contributed by atoms with Crippen molar-refractivity contribution >= 4 is 27.3 Å². The van der Waals surface area contributed by atoms with Crippen LogP contribution in [0.25, 0.3) is 0 Å². The molecule has 2 aromatic carbocycles. The molecule has 0 aliphatic carbocycles. The zero-order chi connectivity index (χ0) is 19.9. The highest BCUT2D eigenvalue weighted by Crippen LogP contribution is 2.27. The van der Waals surface area contributed by atoms with E-state index < -0.39 is 10.0 Å². The van der Waals surface area contributed by atoms with Crippen molar-refractivity contribution in [2.45, 2.75) is 25.2 Å². The Bertz CT molecular complexity index is 917. The molecule has 0 saturated heterocycles. The molecule has 0 saturated carbocycles. The van der Waals surface area contributed by atoms with Gasteiger partial charge >= 0.3 is 0 Å². The molecule has 0 aromatic heterocycles. The lowest BCUT2D eigenvalue weighted by molar-refractivity contribution is -0.114. The van der Waals surface area contributed by atoms with Gasteiger partial charge in [0, 0.05) is 19.2 Å². The Morgan fingerprint density at radius 3 is 2.30 bits per heavy atom. The van der Waals surface area contributed by atoms with E-state index in [-0.39, 0.29) is 23.8 Å². The second-order valence-electron chi connectivity index (χ2n) is 5.62. The van der Waals surface area contributed by atoms with Crippen LogP contribution in [0.15, 0.2) is 53.4 Å². The van der Waals surface area contributed by atoms with E-state index in [1.807, 2.05) is 13.0 Å². The number of anilines is 2. The normalized spacial score (nSPS) is 10.7. The molecule has 0 aliphatic heterocycles. The molecule has 142 valence electrons. The largest absolute Gasteiger partial charge is 0.494 e. The summed E-state index contributed by atoms with van der Waals surface area (Å²) in [5.41, 5.74) is 0.950. The molecule has 0 unspecified atom stereocenters. The minimum Gasteiger partial charge on any atom is -0.494 e. The summed E-state index contributed by atoms with van der Waals surface area (Å²) in [6.07, 6.45) is 0.0520. The molecule has 0 fully saturated rings. The van der Waals surface area contributed by atoms with Gasteiger partial charge in [-0.1, -0.05) is 0 Å². The predicted molar refractivity (Wildman–Crippen MR) is 103 cm³/mol. The fourth-order valence-corrected chi connectivity index (χ4v) is 3.92. The van der Waals surface area contributed by atoms with Crippen LogP contribution >= 0.6 is 0 Å². The van der Waals surface area contributed by atoms with Gasteiger partial charge in [0.05, 0.1) is 29.7 Å². The summed E-state index contributed by atoms with van der Waals surface area (Å²) in [4.78, 5) is 11.2. The number of nitrogens with one attached hydrogen (secondary N) is 1. The molecule has 1 N–H and O–H groups in total. The average Bonchev–Trinajstić information content (AvgIpc) is 2.63. The number of carbonyl (C=O) groups is 1. The molecular weight excluding hydrogens is 366 g/mol. The molecule has 0 bridgehead atoms. The predicted octanol–water partition coefficient (Wildman–Crippen LogP) is 3.15. The molecule has 27 heavy (non-hydrogen) atoms. The third-order valence-corrected chi connectivity index (χ3v) is 5.47. The maximum atomic E-state index is 13.1. The molecule has 8 heteroatoms. The first-order valence-corrected chi connectivity index (χ1v) is 9.82. The van der Waals surface area contributed by atoms with Crippen molar-refractivity contribution in [3.63, 3.8) is 0 Å². The van der Waals surface area contributed by atoms with Crippen LogP contribution in [0.1, 0.15) is 20.3 Å². The number of benzene rings is 2. The van der Waals surface area contributed by atoms with E-state index in [1.165, 1.54) is 35.5 Å². The van der Waals surface area contributed by atoms with Gasteiger partial charge in [-0.05, 0) is 55.5 Å². The number of carbonyl (C=O) groups excluding carboxylic acids is 1. The maximum absolute atomic E-state index is 13.1. The Labute approximate surface area is 159 Å². The summed E-state index contributed by atoms with van der Waals surface area (Å²) in [6, 6.07) is 14.5. The lowest BCUT2D eigenvalue weighted by Crippen LogP contribution is -2.31. The molecule has 1 amide bonds. The topological polar surface area (TPSA) is 99.5 Å². The summed E-state index contributed by atoms with van der Waals surface area (Å²) >= 11 is 0. The van der Waals surface area contributed by atoms with Crippen molar-refractivity contribution in [3.05, 3.63) is 48.5 Å². The number of nitriles is 1. The molecule has 2 aromatic rings. The fraction of sp³-hybridized carbons (Fsp3) is 0.263. The summed E-state index contributed by atoms with van der Waals surface area (Å²) in [7, 11) is -3.87. The van der Waals surface area contributed by atoms with Gasteiger partial charge in [0.15, 0.2) is 0 Å². The van der Waals surface area contributed by atoms with Gasteiger partial charge in [-0.25, -0.2) is 8.42 Å². The van der Waals surface area contributed by atoms with Gasteiger partial charge in [0.1, 0.15) is 5.75 Å². The van der Waals surface area contributed by atoms with Crippen molar-refractivity contribution in [3.8, 4) is 11.8 Å². The molecular formula is C19H21N3O4S. The number of nitrogens with zero attached hydrogens (tertiary/aromatic N) is 2. The first-order chi connectivity index (χ1) is 12.9. The zero-order valence-corrected chi connectivity index (χ0v) is 16.0. The van der Waals surface area contributed by atoms with Crippen molar-refractivity contribution in [2.75, 3.05) is 22.8 Å². The smallest absolute Gasteiger partial charge is 0.264 e. The minimum atomic E-state index is -3.87. The van der Waals surface area contributed by atoms with Crippen LogP contribution in [0.2, 0.25) is 0 Å². The number of rotatable bonds is 8. The van der Waals surface area contributed by atoms with E-state index in [0.29, 0.717) is 23.7 Å². The fourth-order valence-electron chi connectivity index (χ4n) is 2.46. The summed E-state index contributed by atoms with van der Waals surface area (Å²) < 4.78 is 32.7. The lowest BCUT2D eigenvalue weighted by atomic mass is 10.3. The Morgan fingerprint density at radius 2 is 1.78 bits per heavy atom. The first kappa shape index (κ1) is 20.3. The van der Waals surface area contributed by atoms with E-state index in [1.54, 1.807) is 24.3 Å². The highest BCUT2D eigenvalue weighted by Gasteiger charge is 2.24. The monoisotopic (exact) mass is 387 g/mol. The van der Waals surface area contributed by atoms with Gasteiger partial charge in [0.25, 0.3) is 10.0 Å². The highest BCUT2D eigenvalue weighted by molar-refractivity contribution is 7.92. The number of sulfonamides is 1. The van der Waals surface area contributed by atoms with E-state index in [4.69, 9.17) is 10.00 Å². The second kappa shape index (κ2) is 9.05. The van der Waals surface area contributed by atoms with E-state index in [0.717, 1.165) is 0 Å². The molecule has 0 spiro atoms. The second-order valence-corrected chi connectivity index (χ2v) is 7.48. The summed E-state index contributed by atoms with van der Waals surface area (Å²) in [5, 5.41) is 11.5. The van der Waals surface area contributed by atoms with Gasteiger partial charge in [-0.15, -0.1) is 0 Å². The molecule has 0 aliphatic rings. The van der Waals surface area contributed by atoms with E-state index in [9.17, 15) is 13.2 Å². The van der Waals surface area contributed by atoms with Gasteiger partial charge in [-0.3, -0.25) is 9.10 Å². The Kier molecular flexibility index (Phi) is 6.79. The van der Waals surface area contributed by atoms with Crippen molar-refractivity contribution in [1.29, 1.82) is 5.26 Å². The number of amides is 1. The Balaban J connectivity index is 2.36. The van der Waals surface area contributed by atoms with Crippen LogP contribution in [0.5, 0.6) is 5.75 Å². The van der Waals surface area contributed by atoms with Gasteiger partial charge in [0.2, 0.25) is 5.91 Å². The van der Waals surface area contributed by atoms with Crippen LogP contribution in [-0.4, -0.2) is 27.5 Å². The third kappa shape index (κ3) is 5.21. The van der Waals surface area contributed by atoms with Crippen molar-refractivity contribution in [1.82, 2.24) is 0 Å². The average molecular weight is 387 g/mol. The molecule has 2 rings (SSSR count). The Morgan fingerprint density at radius 1 is 1.15 bits per heavy atom. The lowest BCUT2D eigenvalue weighted by Gasteiger charge is -2.24. The van der Waals surface area contributed by atoms with E-state index >= 15 is 0 Å². The molecule has 7 nitrogen and oxygen atoms in total. The van der Waals surface area contributed by atoms with Crippen LogP contribution < -0.4 is 14.4 Å². The summed E-state index contributed by atoms with van der Waals surface area (Å²) in [6.45, 7) is 3.78. The van der Waals surface area contributed by atoms with Gasteiger partial charge in [-0.2, -0.15) is 5.26 Å². The number of hydrogen-bond donors (Lipinski definition) is 1. The Hall–Kier alpha value is -3.05. The third-order valence-electron chi connectivity index (χ3n) is 3.63. The minimum absolute atomic E-state index is 0.0280. The van der Waals surface area contributed by atoms with E-state index in [2.05, 4.69) is 5.32 Å². The van der Waals surface area contributed by atoms with Crippen molar-refractivity contribution in [2.24, 2.45) is 0 Å². The number of ether oxygens (including phenoxy) is 1. The van der Waals surface area contributed by atoms with Gasteiger partial charge < -0.3 is 10.1 Å². The molecule has 0 atom stereocenters. The van der Waals surface area contributed by atoms with Crippen LogP contribution in [0, 0.1) is 11.3 Å². The summed E-state index contributed by atoms with van der Waals surface area (Å²) in [5.74, 6) is 0.397. The quantitative estimate of drug-likeness (QED) is 0.750.